The monoisotopic (exact) mass is 820 g/mol. The van der Waals surface area contributed by atoms with Crippen molar-refractivity contribution in [2.45, 2.75) is 13.3 Å². The van der Waals surface area contributed by atoms with Gasteiger partial charge in [0, 0.05) is 44.0 Å². The summed E-state index contributed by atoms with van der Waals surface area (Å²) in [6.45, 7) is 2.30. The Balaban J connectivity index is 1.11. The Morgan fingerprint density at radius 3 is 1.73 bits per heavy atom. The van der Waals surface area contributed by atoms with Gasteiger partial charge in [-0.2, -0.15) is 0 Å². The number of fused-ring (bicyclic) bond motifs is 10. The Labute approximate surface area is 369 Å². The number of aromatic nitrogens is 2. The molecule has 13 rings (SSSR count). The van der Waals surface area contributed by atoms with E-state index in [1.165, 1.54) is 37.9 Å². The largest absolute Gasteiger partial charge is 0.456 e. The topological polar surface area (TPSA) is 47.7 Å². The zero-order valence-corrected chi connectivity index (χ0v) is 35.1. The molecule has 9 aromatic carbocycles. The van der Waals surface area contributed by atoms with Gasteiger partial charge in [-0.05, 0) is 76.9 Å². The van der Waals surface area contributed by atoms with Crippen LogP contribution >= 0.6 is 0 Å². The zero-order chi connectivity index (χ0) is 42.3. The summed E-state index contributed by atoms with van der Waals surface area (Å²) in [5.74, 6) is 1.65. The fourth-order valence-corrected chi connectivity index (χ4v) is 10.1. The number of rotatable bonds is 4. The van der Waals surface area contributed by atoms with Crippen molar-refractivity contribution in [1.29, 1.82) is 0 Å². The summed E-state index contributed by atoms with van der Waals surface area (Å²) in [4.78, 5) is 11.4. The molecule has 0 N–H and O–H groups in total. The molecule has 64 heavy (non-hydrogen) atoms. The predicted octanol–water partition coefficient (Wildman–Crippen LogP) is 15.4. The number of para-hydroxylation sites is 4. The summed E-state index contributed by atoms with van der Waals surface area (Å²) >= 11 is 0. The number of benzene rings is 9. The second-order valence-electron chi connectivity index (χ2n) is 16.9. The minimum atomic E-state index is 0.0323. The van der Waals surface area contributed by atoms with Crippen LogP contribution < -0.4 is 0 Å². The van der Waals surface area contributed by atoms with E-state index >= 15 is 0 Å². The van der Waals surface area contributed by atoms with Gasteiger partial charge < -0.3 is 8.98 Å². The molecule has 5 heteroatoms. The molecule has 3 aromatic heterocycles. The van der Waals surface area contributed by atoms with E-state index in [2.05, 4.69) is 216 Å². The molecule has 5 nitrogen and oxygen atoms in total. The number of hydrogen-bond acceptors (Lipinski definition) is 3. The molecule has 1 unspecified atom stereocenters. The summed E-state index contributed by atoms with van der Waals surface area (Å²) in [7, 11) is 0. The van der Waals surface area contributed by atoms with Gasteiger partial charge in [-0.15, -0.1) is 0 Å². The van der Waals surface area contributed by atoms with Gasteiger partial charge in [-0.1, -0.05) is 165 Å². The molecular weight excluding hydrogens is 781 g/mol. The van der Waals surface area contributed by atoms with Crippen molar-refractivity contribution in [3.05, 3.63) is 217 Å². The molecule has 12 aromatic rings. The number of allylic oxidation sites excluding steroid dienone is 1. The lowest BCUT2D eigenvalue weighted by Gasteiger charge is -2.22. The van der Waals surface area contributed by atoms with Crippen LogP contribution in [0.3, 0.4) is 0 Å². The second kappa shape index (κ2) is 14.4. The van der Waals surface area contributed by atoms with Gasteiger partial charge in [-0.3, -0.25) is 4.57 Å². The van der Waals surface area contributed by atoms with Gasteiger partial charge >= 0.3 is 0 Å². The molecule has 0 radical (unpaired) electrons. The van der Waals surface area contributed by atoms with E-state index in [0.717, 1.165) is 84.3 Å². The molecule has 4 heterocycles. The van der Waals surface area contributed by atoms with Crippen molar-refractivity contribution in [3.63, 3.8) is 0 Å². The lowest BCUT2D eigenvalue weighted by molar-refractivity contribution is 0.669. The van der Waals surface area contributed by atoms with Crippen LogP contribution in [-0.2, 0) is 0 Å². The van der Waals surface area contributed by atoms with Crippen LogP contribution in [0, 0.1) is 5.92 Å². The van der Waals surface area contributed by atoms with E-state index in [1.54, 1.807) is 0 Å². The van der Waals surface area contributed by atoms with Crippen LogP contribution in [0.5, 0.6) is 0 Å². The van der Waals surface area contributed by atoms with Crippen molar-refractivity contribution in [3.8, 4) is 16.8 Å². The van der Waals surface area contributed by atoms with Crippen LogP contribution in [-0.4, -0.2) is 20.8 Å². The van der Waals surface area contributed by atoms with Crippen LogP contribution in [0.1, 0.15) is 24.5 Å². The quantitative estimate of drug-likeness (QED) is 0.174. The average Bonchev–Trinajstić information content (AvgIpc) is 4.00. The molecule has 0 spiro atoms. The number of nitrogens with zero attached hydrogens (tertiary/aromatic N) is 4. The fraction of sp³-hybridized carbons (Fsp3) is 0.0508. The zero-order valence-electron chi connectivity index (χ0n) is 35.1. The summed E-state index contributed by atoms with van der Waals surface area (Å²) in [5, 5.41) is 9.34. The maximum atomic E-state index is 6.66. The minimum Gasteiger partial charge on any atom is -0.456 e. The fourth-order valence-electron chi connectivity index (χ4n) is 10.1. The van der Waals surface area contributed by atoms with Gasteiger partial charge in [-0.25, -0.2) is 9.98 Å². The second-order valence-corrected chi connectivity index (χ2v) is 16.9. The van der Waals surface area contributed by atoms with Crippen LogP contribution in [0.25, 0.3) is 98.8 Å². The van der Waals surface area contributed by atoms with Gasteiger partial charge in [0.2, 0.25) is 0 Å². The van der Waals surface area contributed by atoms with Crippen molar-refractivity contribution in [2.24, 2.45) is 15.9 Å². The molecule has 1 atom stereocenters. The first-order chi connectivity index (χ1) is 31.7. The highest BCUT2D eigenvalue weighted by Gasteiger charge is 2.26. The SMILES string of the molecule is CC1C/C=C(c2ccc3oc4ccccc4c3c2-n2c3ccccc3c3cc4ccccc4cc32)/N=C(c2ccc(-c3ccccc3)cc2)\N=C/1n1c2ccccc2c2ccccc21. The van der Waals surface area contributed by atoms with Crippen molar-refractivity contribution < 1.29 is 4.42 Å². The van der Waals surface area contributed by atoms with E-state index in [1.807, 2.05) is 6.07 Å². The van der Waals surface area contributed by atoms with E-state index in [4.69, 9.17) is 14.4 Å². The molecule has 1 aliphatic heterocycles. The van der Waals surface area contributed by atoms with Crippen LogP contribution in [0.4, 0.5) is 0 Å². The Morgan fingerprint density at radius 1 is 0.453 bits per heavy atom. The predicted molar refractivity (Wildman–Crippen MR) is 268 cm³/mol. The van der Waals surface area contributed by atoms with Gasteiger partial charge in [0.25, 0.3) is 0 Å². The summed E-state index contributed by atoms with van der Waals surface area (Å²) in [5.41, 5.74) is 12.4. The molecule has 0 amide bonds. The van der Waals surface area contributed by atoms with E-state index < -0.39 is 0 Å². The summed E-state index contributed by atoms with van der Waals surface area (Å²) < 4.78 is 11.5. The molecular formula is C59H40N4O. The Hall–Kier alpha value is -8.28. The van der Waals surface area contributed by atoms with Crippen LogP contribution in [0.2, 0.25) is 0 Å². The first-order valence-corrected chi connectivity index (χ1v) is 22.0. The van der Waals surface area contributed by atoms with Crippen LogP contribution in [0.15, 0.2) is 221 Å². The van der Waals surface area contributed by atoms with Gasteiger partial charge in [0.05, 0.1) is 38.8 Å². The molecule has 0 saturated heterocycles. The number of hydrogen-bond donors (Lipinski definition) is 0. The van der Waals surface area contributed by atoms with E-state index in [0.29, 0.717) is 5.84 Å². The first-order valence-electron chi connectivity index (χ1n) is 22.0. The lowest BCUT2D eigenvalue weighted by Crippen LogP contribution is -2.23. The molecule has 0 aliphatic carbocycles. The number of aliphatic imine (C=N–C) groups is 2. The molecule has 302 valence electrons. The Morgan fingerprint density at radius 2 is 1.02 bits per heavy atom. The van der Waals surface area contributed by atoms with Crippen molar-refractivity contribution in [1.82, 2.24) is 9.13 Å². The number of furan rings is 1. The summed E-state index contributed by atoms with van der Waals surface area (Å²) in [6, 6.07) is 71.4. The van der Waals surface area contributed by atoms with E-state index in [9.17, 15) is 0 Å². The standard InChI is InChI=1S/C59H40N4O/c1-37-27-33-49(60-58(40-30-28-39(29-31-40)38-15-3-2-4-16-38)61-59(37)63-51-24-12-7-19-43(51)44-20-8-13-25-52(44)63)46-32-34-55-56(47-22-10-14-26-54(47)64-55)57(46)62-50-23-11-9-21-45(50)48-35-41-17-5-6-18-42(41)36-53(48)62/h2-26,28-37H,27H2,1H3/b49-33+,60-58-,61-59+. The first kappa shape index (κ1) is 36.4. The van der Waals surface area contributed by atoms with E-state index in [-0.39, 0.29) is 5.92 Å². The third-order valence-corrected chi connectivity index (χ3v) is 13.2. The molecule has 0 bridgehead atoms. The van der Waals surface area contributed by atoms with Crippen molar-refractivity contribution >= 4 is 93.7 Å². The molecule has 0 fully saturated rings. The number of amidine groups is 1. The smallest absolute Gasteiger partial charge is 0.161 e. The maximum absolute atomic E-state index is 6.66. The minimum absolute atomic E-state index is 0.0323. The maximum Gasteiger partial charge on any atom is 0.161 e. The highest BCUT2D eigenvalue weighted by atomic mass is 16.3. The average molecular weight is 821 g/mol. The highest BCUT2D eigenvalue weighted by molar-refractivity contribution is 6.20. The Kier molecular flexibility index (Phi) is 8.19. The Bertz CT molecular complexity index is 3880. The molecule has 1 aliphatic rings. The lowest BCUT2D eigenvalue weighted by atomic mass is 9.98. The van der Waals surface area contributed by atoms with Gasteiger partial charge in [0.1, 0.15) is 17.0 Å². The normalized spacial score (nSPS) is 17.1. The third kappa shape index (κ3) is 5.64. The highest BCUT2D eigenvalue weighted by Crippen LogP contribution is 2.44. The van der Waals surface area contributed by atoms with Crippen molar-refractivity contribution in [2.75, 3.05) is 0 Å². The third-order valence-electron chi connectivity index (χ3n) is 13.2. The molecule has 0 saturated carbocycles. The van der Waals surface area contributed by atoms with Gasteiger partial charge in [0.15, 0.2) is 5.84 Å². The summed E-state index contributed by atoms with van der Waals surface area (Å²) in [6.07, 6.45) is 3.06.